The van der Waals surface area contributed by atoms with Gasteiger partial charge in [-0.3, -0.25) is 4.99 Å². The summed E-state index contributed by atoms with van der Waals surface area (Å²) in [5.41, 5.74) is 0.568. The van der Waals surface area contributed by atoms with E-state index in [-0.39, 0.29) is 0 Å². The van der Waals surface area contributed by atoms with Gasteiger partial charge in [-0.25, -0.2) is 0 Å². The summed E-state index contributed by atoms with van der Waals surface area (Å²) in [6.07, 6.45) is 11.1. The third-order valence-corrected chi connectivity index (χ3v) is 5.60. The molecule has 1 aliphatic carbocycles. The number of hydrogen-bond donors (Lipinski definition) is 1. The van der Waals surface area contributed by atoms with E-state index in [0.717, 1.165) is 44.4 Å². The van der Waals surface area contributed by atoms with Gasteiger partial charge >= 0.3 is 0 Å². The van der Waals surface area contributed by atoms with Gasteiger partial charge in [0.1, 0.15) is 12.2 Å². The first-order valence-electron chi connectivity index (χ1n) is 9.66. The van der Waals surface area contributed by atoms with Gasteiger partial charge in [0.25, 0.3) is 0 Å². The molecule has 1 aliphatic heterocycles. The lowest BCUT2D eigenvalue weighted by Gasteiger charge is -2.33. The van der Waals surface area contributed by atoms with Crippen LogP contribution in [0.2, 0.25) is 0 Å². The van der Waals surface area contributed by atoms with E-state index in [0.29, 0.717) is 5.41 Å². The molecule has 1 saturated carbocycles. The van der Waals surface area contributed by atoms with Crippen LogP contribution in [0.5, 0.6) is 0 Å². The molecule has 0 amide bonds. The summed E-state index contributed by atoms with van der Waals surface area (Å²) in [6, 6.07) is 0. The third-order valence-electron chi connectivity index (χ3n) is 5.60. The highest BCUT2D eigenvalue weighted by Crippen LogP contribution is 2.43. The smallest absolute Gasteiger partial charge is 0.193 e. The molecular formula is C18H32N6. The Bertz CT molecular complexity index is 543. The lowest BCUT2D eigenvalue weighted by Crippen LogP contribution is -2.41. The van der Waals surface area contributed by atoms with Crippen LogP contribution in [0.4, 0.5) is 0 Å². The van der Waals surface area contributed by atoms with Crippen LogP contribution in [0.3, 0.4) is 0 Å². The van der Waals surface area contributed by atoms with Crippen molar-refractivity contribution < 1.29 is 0 Å². The lowest BCUT2D eigenvalue weighted by molar-refractivity contribution is 0.203. The summed E-state index contributed by atoms with van der Waals surface area (Å²) in [5, 5.41) is 11.6. The Morgan fingerprint density at radius 1 is 1.25 bits per heavy atom. The van der Waals surface area contributed by atoms with Crippen LogP contribution in [0.15, 0.2) is 11.3 Å². The highest BCUT2D eigenvalue weighted by Gasteiger charge is 2.39. The lowest BCUT2D eigenvalue weighted by atomic mass is 9.73. The van der Waals surface area contributed by atoms with Gasteiger partial charge in [-0.05, 0) is 31.6 Å². The number of likely N-dealkylation sites (tertiary alicyclic amines) is 1. The number of hydrogen-bond acceptors (Lipinski definition) is 3. The van der Waals surface area contributed by atoms with Crippen molar-refractivity contribution in [1.82, 2.24) is 25.0 Å². The topological polar surface area (TPSA) is 58.3 Å². The maximum absolute atomic E-state index is 4.88. The van der Waals surface area contributed by atoms with E-state index in [1.807, 2.05) is 6.33 Å². The molecule has 134 valence electrons. The molecule has 2 heterocycles. The van der Waals surface area contributed by atoms with Crippen molar-refractivity contribution in [2.24, 2.45) is 10.4 Å². The number of rotatable bonds is 5. The van der Waals surface area contributed by atoms with Crippen molar-refractivity contribution in [2.45, 2.75) is 65.3 Å². The van der Waals surface area contributed by atoms with Crippen molar-refractivity contribution in [2.75, 3.05) is 26.2 Å². The Labute approximate surface area is 145 Å². The normalized spacial score (nSPS) is 20.8. The van der Waals surface area contributed by atoms with Crippen LogP contribution in [0.1, 0.15) is 58.2 Å². The second-order valence-electron chi connectivity index (χ2n) is 7.26. The van der Waals surface area contributed by atoms with E-state index in [9.17, 15) is 0 Å². The standard InChI is InChI=1S/C18H32N6/c1-3-16-22-21-15-24(16)13-11-20-17(19-4-2)23-12-10-18(14-23)8-6-5-7-9-18/h15H,3-14H2,1-2H3,(H,19,20). The van der Waals surface area contributed by atoms with Crippen LogP contribution < -0.4 is 5.32 Å². The molecule has 0 radical (unpaired) electrons. The Kier molecular flexibility index (Phi) is 5.74. The monoisotopic (exact) mass is 332 g/mol. The van der Waals surface area contributed by atoms with E-state index in [1.54, 1.807) is 0 Å². The van der Waals surface area contributed by atoms with Crippen LogP contribution in [-0.4, -0.2) is 51.8 Å². The van der Waals surface area contributed by atoms with E-state index in [2.05, 4.69) is 38.8 Å². The Balaban J connectivity index is 1.59. The zero-order chi connectivity index (χ0) is 16.8. The van der Waals surface area contributed by atoms with Gasteiger partial charge < -0.3 is 14.8 Å². The molecule has 1 aromatic heterocycles. The van der Waals surface area contributed by atoms with Crippen LogP contribution in [0.25, 0.3) is 0 Å². The number of aromatic nitrogens is 3. The first-order chi connectivity index (χ1) is 11.8. The average molecular weight is 332 g/mol. The second kappa shape index (κ2) is 7.99. The first-order valence-corrected chi connectivity index (χ1v) is 9.66. The van der Waals surface area contributed by atoms with Gasteiger partial charge in [0, 0.05) is 32.6 Å². The molecule has 0 unspecified atom stereocenters. The summed E-state index contributed by atoms with van der Waals surface area (Å²) in [6.45, 7) is 9.15. The van der Waals surface area contributed by atoms with E-state index < -0.39 is 0 Å². The van der Waals surface area contributed by atoms with E-state index >= 15 is 0 Å². The molecule has 2 aliphatic rings. The van der Waals surface area contributed by atoms with Crippen molar-refractivity contribution in [1.29, 1.82) is 0 Å². The molecule has 6 heteroatoms. The van der Waals surface area contributed by atoms with E-state index in [4.69, 9.17) is 4.99 Å². The highest BCUT2D eigenvalue weighted by molar-refractivity contribution is 5.80. The van der Waals surface area contributed by atoms with Gasteiger partial charge in [0.05, 0.1) is 6.54 Å². The molecule has 1 saturated heterocycles. The maximum atomic E-state index is 4.88. The molecule has 6 nitrogen and oxygen atoms in total. The maximum Gasteiger partial charge on any atom is 0.193 e. The first kappa shape index (κ1) is 17.2. The molecule has 0 bridgehead atoms. The summed E-state index contributed by atoms with van der Waals surface area (Å²) in [7, 11) is 0. The number of aliphatic imine (C=N–C) groups is 1. The molecule has 3 rings (SSSR count). The average Bonchev–Trinajstić information content (AvgIpc) is 3.22. The van der Waals surface area contributed by atoms with Crippen molar-refractivity contribution >= 4 is 5.96 Å². The largest absolute Gasteiger partial charge is 0.357 e. The van der Waals surface area contributed by atoms with Gasteiger partial charge in [-0.15, -0.1) is 10.2 Å². The van der Waals surface area contributed by atoms with Gasteiger partial charge in [-0.2, -0.15) is 0 Å². The van der Waals surface area contributed by atoms with Crippen molar-refractivity contribution in [3.05, 3.63) is 12.2 Å². The van der Waals surface area contributed by atoms with Gasteiger partial charge in [0.15, 0.2) is 5.96 Å². The fraction of sp³-hybridized carbons (Fsp3) is 0.833. The minimum atomic E-state index is 0.568. The third kappa shape index (κ3) is 3.90. The number of guanidine groups is 1. The quantitative estimate of drug-likeness (QED) is 0.665. The Morgan fingerprint density at radius 3 is 2.83 bits per heavy atom. The summed E-state index contributed by atoms with van der Waals surface area (Å²) in [5.74, 6) is 2.13. The number of aryl methyl sites for hydroxylation is 1. The minimum absolute atomic E-state index is 0.568. The molecule has 0 atom stereocenters. The molecule has 2 fully saturated rings. The molecule has 0 aromatic carbocycles. The van der Waals surface area contributed by atoms with Crippen LogP contribution >= 0.6 is 0 Å². The molecule has 1 spiro atoms. The molecular weight excluding hydrogens is 300 g/mol. The summed E-state index contributed by atoms with van der Waals surface area (Å²) < 4.78 is 2.11. The number of nitrogens with zero attached hydrogens (tertiary/aromatic N) is 5. The van der Waals surface area contributed by atoms with Crippen LogP contribution in [0, 0.1) is 5.41 Å². The van der Waals surface area contributed by atoms with E-state index in [1.165, 1.54) is 45.1 Å². The van der Waals surface area contributed by atoms with Crippen molar-refractivity contribution in [3.8, 4) is 0 Å². The highest BCUT2D eigenvalue weighted by atomic mass is 15.3. The van der Waals surface area contributed by atoms with Crippen molar-refractivity contribution in [3.63, 3.8) is 0 Å². The van der Waals surface area contributed by atoms with Gasteiger partial charge in [-0.1, -0.05) is 26.2 Å². The predicted octanol–water partition coefficient (Wildman–Crippen LogP) is 2.46. The zero-order valence-corrected chi connectivity index (χ0v) is 15.3. The number of nitrogens with one attached hydrogen (secondary N) is 1. The second-order valence-corrected chi connectivity index (χ2v) is 7.26. The summed E-state index contributed by atoms with van der Waals surface area (Å²) >= 11 is 0. The fourth-order valence-corrected chi connectivity index (χ4v) is 4.25. The van der Waals surface area contributed by atoms with Crippen LogP contribution in [-0.2, 0) is 13.0 Å². The Morgan fingerprint density at radius 2 is 2.08 bits per heavy atom. The minimum Gasteiger partial charge on any atom is -0.357 e. The Hall–Kier alpha value is -1.59. The SMILES string of the molecule is CCNC(=NCCn1cnnc1CC)N1CCC2(CCCCC2)C1. The summed E-state index contributed by atoms with van der Waals surface area (Å²) in [4.78, 5) is 7.37. The molecule has 1 aromatic rings. The fourth-order valence-electron chi connectivity index (χ4n) is 4.25. The molecule has 24 heavy (non-hydrogen) atoms. The predicted molar refractivity (Wildman–Crippen MR) is 97.1 cm³/mol. The van der Waals surface area contributed by atoms with Gasteiger partial charge in [0.2, 0.25) is 0 Å². The molecule has 1 N–H and O–H groups in total. The zero-order valence-electron chi connectivity index (χ0n) is 15.3.